The van der Waals surface area contributed by atoms with Gasteiger partial charge in [0, 0.05) is 0 Å². The maximum absolute atomic E-state index is 11.3. The summed E-state index contributed by atoms with van der Waals surface area (Å²) in [5.74, 6) is -0.513. The van der Waals surface area contributed by atoms with Gasteiger partial charge in [0.05, 0.1) is 6.61 Å². The van der Waals surface area contributed by atoms with Crippen LogP contribution in [-0.2, 0) is 18.3 Å². The third-order valence-electron chi connectivity index (χ3n) is 3.05. The van der Waals surface area contributed by atoms with Crippen LogP contribution in [0.15, 0.2) is 12.4 Å². The lowest BCUT2D eigenvalue weighted by Crippen LogP contribution is -2.39. The van der Waals surface area contributed by atoms with E-state index in [1.165, 1.54) is 12.4 Å². The van der Waals surface area contributed by atoms with Crippen LogP contribution in [0.1, 0.15) is 6.23 Å². The number of nitrogens with zero attached hydrogens (tertiary/aromatic N) is 3. The number of nitro groups is 1. The maximum atomic E-state index is 11.3. The summed E-state index contributed by atoms with van der Waals surface area (Å²) in [6.07, 6.45) is -1.96. The summed E-state index contributed by atoms with van der Waals surface area (Å²) < 4.78 is 27.0. The zero-order chi connectivity index (χ0) is 14.5. The Morgan fingerprint density at radius 2 is 2.35 bits per heavy atom. The first kappa shape index (κ1) is 13.6. The molecule has 2 aliphatic rings. The topological polar surface area (TPSA) is 146 Å². The summed E-state index contributed by atoms with van der Waals surface area (Å²) in [5, 5.41) is 20.9. The largest absolute Gasteiger partial charge is 0.472 e. The molecule has 0 bridgehead atoms. The molecule has 20 heavy (non-hydrogen) atoms. The first-order chi connectivity index (χ1) is 9.39. The van der Waals surface area contributed by atoms with Crippen LogP contribution in [0.4, 0.5) is 5.95 Å². The smallest absolute Gasteiger partial charge is 0.390 e. The number of ether oxygens (including phenoxy) is 1. The van der Waals surface area contributed by atoms with Crippen LogP contribution in [0.3, 0.4) is 0 Å². The van der Waals surface area contributed by atoms with E-state index in [1.807, 2.05) is 0 Å². The molecule has 2 saturated heterocycles. The van der Waals surface area contributed by atoms with Crippen molar-refractivity contribution in [3.05, 3.63) is 22.5 Å². The Balaban J connectivity index is 1.88. The van der Waals surface area contributed by atoms with Crippen LogP contribution in [0.5, 0.6) is 0 Å². The lowest BCUT2D eigenvalue weighted by Gasteiger charge is -2.27. The summed E-state index contributed by atoms with van der Waals surface area (Å²) in [5.41, 5.74) is 0. The monoisotopic (exact) mass is 307 g/mol. The van der Waals surface area contributed by atoms with Crippen LogP contribution in [0, 0.1) is 10.1 Å². The highest BCUT2D eigenvalue weighted by Gasteiger charge is 2.54. The van der Waals surface area contributed by atoms with E-state index < -0.39 is 43.2 Å². The van der Waals surface area contributed by atoms with Crippen molar-refractivity contribution in [1.82, 2.24) is 9.55 Å². The number of aliphatic hydroxyl groups is 1. The van der Waals surface area contributed by atoms with Crippen LogP contribution in [0.25, 0.3) is 0 Å². The van der Waals surface area contributed by atoms with Crippen LogP contribution >= 0.6 is 7.82 Å². The molecule has 2 aliphatic heterocycles. The van der Waals surface area contributed by atoms with E-state index in [9.17, 15) is 24.7 Å². The first-order valence-electron chi connectivity index (χ1n) is 5.55. The number of hydrogen-bond acceptors (Lipinski definition) is 8. The zero-order valence-electron chi connectivity index (χ0n) is 9.80. The van der Waals surface area contributed by atoms with E-state index in [4.69, 9.17) is 9.26 Å². The van der Waals surface area contributed by atoms with Gasteiger partial charge in [-0.1, -0.05) is 4.98 Å². The van der Waals surface area contributed by atoms with Crippen LogP contribution < -0.4 is 0 Å². The molecular weight excluding hydrogens is 297 g/mol. The van der Waals surface area contributed by atoms with E-state index >= 15 is 0 Å². The molecule has 0 spiro atoms. The average Bonchev–Trinajstić information content (AvgIpc) is 2.94. The Labute approximate surface area is 111 Å². The minimum atomic E-state index is -4.23. The molecule has 5 unspecified atom stereocenters. The molecule has 0 aliphatic carbocycles. The number of phosphoric acid groups is 1. The molecular formula is C8H10N3O8P. The van der Waals surface area contributed by atoms with E-state index in [-0.39, 0.29) is 6.61 Å². The average molecular weight is 307 g/mol. The van der Waals surface area contributed by atoms with Crippen molar-refractivity contribution in [2.45, 2.75) is 24.5 Å². The van der Waals surface area contributed by atoms with Gasteiger partial charge in [-0.2, -0.15) is 4.57 Å². The van der Waals surface area contributed by atoms with Gasteiger partial charge in [-0.15, -0.1) is 0 Å². The summed E-state index contributed by atoms with van der Waals surface area (Å²) in [6.45, 7) is -0.255. The van der Waals surface area contributed by atoms with Crippen LogP contribution in [0.2, 0.25) is 0 Å². The molecule has 2 fully saturated rings. The van der Waals surface area contributed by atoms with Gasteiger partial charge in [-0.3, -0.25) is 9.05 Å². The Hall–Kier alpha value is -1.36. The predicted octanol–water partition coefficient (Wildman–Crippen LogP) is -0.435. The maximum Gasteiger partial charge on any atom is 0.472 e. The van der Waals surface area contributed by atoms with Crippen molar-refractivity contribution >= 4 is 13.8 Å². The Bertz CT molecular complexity index is 590. The molecule has 0 saturated carbocycles. The van der Waals surface area contributed by atoms with Crippen molar-refractivity contribution in [2.24, 2.45) is 0 Å². The summed E-state index contributed by atoms with van der Waals surface area (Å²) >= 11 is 0. The molecule has 1 aromatic rings. The van der Waals surface area contributed by atoms with E-state index in [0.717, 1.165) is 4.57 Å². The highest BCUT2D eigenvalue weighted by molar-refractivity contribution is 7.47. The third kappa shape index (κ3) is 2.14. The molecule has 0 aromatic carbocycles. The van der Waals surface area contributed by atoms with E-state index in [2.05, 4.69) is 9.51 Å². The number of aliphatic hydroxyl groups excluding tert-OH is 1. The number of fused-ring (bicyclic) bond motifs is 1. The summed E-state index contributed by atoms with van der Waals surface area (Å²) in [7, 11) is -4.23. The van der Waals surface area contributed by atoms with Crippen molar-refractivity contribution in [3.8, 4) is 0 Å². The molecule has 3 rings (SSSR count). The molecule has 1 aromatic heterocycles. The van der Waals surface area contributed by atoms with E-state index in [1.54, 1.807) is 0 Å². The lowest BCUT2D eigenvalue weighted by atomic mass is 10.1. The number of phosphoric ester groups is 1. The number of imidazole rings is 1. The van der Waals surface area contributed by atoms with Crippen molar-refractivity contribution in [2.75, 3.05) is 6.61 Å². The Morgan fingerprint density at radius 3 is 3.05 bits per heavy atom. The lowest BCUT2D eigenvalue weighted by molar-refractivity contribution is -0.398. The molecule has 3 heterocycles. The van der Waals surface area contributed by atoms with Crippen LogP contribution in [-0.4, -0.2) is 49.4 Å². The van der Waals surface area contributed by atoms with Gasteiger partial charge >= 0.3 is 13.8 Å². The number of aromatic nitrogens is 2. The van der Waals surface area contributed by atoms with Gasteiger partial charge in [-0.05, 0) is 4.92 Å². The van der Waals surface area contributed by atoms with E-state index in [0.29, 0.717) is 0 Å². The zero-order valence-corrected chi connectivity index (χ0v) is 10.7. The number of rotatable bonds is 2. The molecule has 5 atom stereocenters. The van der Waals surface area contributed by atoms with Gasteiger partial charge in [0.15, 0.2) is 0 Å². The molecule has 2 N–H and O–H groups in total. The SMILES string of the molecule is O=[N+]([O-])c1nccn1C1OC2COP(=O)(O)OC2C1O. The molecule has 11 nitrogen and oxygen atoms in total. The van der Waals surface area contributed by atoms with Gasteiger partial charge in [0.1, 0.15) is 30.7 Å². The fourth-order valence-electron chi connectivity index (χ4n) is 2.21. The standard InChI is InChI=1S/C8H10N3O8P/c12-5-6-4(3-17-20(15,16)19-6)18-7(5)10-2-1-9-8(10)11(13)14/h1-2,4-7,12H,3H2,(H,15,16). The Morgan fingerprint density at radius 1 is 1.60 bits per heavy atom. The van der Waals surface area contributed by atoms with Gasteiger partial charge < -0.3 is 24.9 Å². The third-order valence-corrected chi connectivity index (χ3v) is 4.04. The second kappa shape index (κ2) is 4.58. The Kier molecular flexibility index (Phi) is 3.12. The molecule has 0 radical (unpaired) electrons. The highest BCUT2D eigenvalue weighted by atomic mass is 31.2. The minimum Gasteiger partial charge on any atom is -0.390 e. The van der Waals surface area contributed by atoms with Crippen molar-refractivity contribution in [3.63, 3.8) is 0 Å². The predicted molar refractivity (Wildman–Crippen MR) is 59.4 cm³/mol. The molecule has 12 heteroatoms. The van der Waals surface area contributed by atoms with Crippen molar-refractivity contribution in [1.29, 1.82) is 0 Å². The fourth-order valence-corrected chi connectivity index (χ4v) is 3.18. The highest BCUT2D eigenvalue weighted by Crippen LogP contribution is 2.52. The molecule has 0 amide bonds. The quantitative estimate of drug-likeness (QED) is 0.421. The molecule has 110 valence electrons. The normalized spacial score (nSPS) is 40.5. The van der Waals surface area contributed by atoms with Crippen molar-refractivity contribution < 1.29 is 33.3 Å². The second-order valence-electron chi connectivity index (χ2n) is 4.28. The van der Waals surface area contributed by atoms with Gasteiger partial charge in [0.25, 0.3) is 0 Å². The summed E-state index contributed by atoms with van der Waals surface area (Å²) in [4.78, 5) is 22.8. The second-order valence-corrected chi connectivity index (χ2v) is 5.69. The number of hydrogen-bond donors (Lipinski definition) is 2. The van der Waals surface area contributed by atoms with Gasteiger partial charge in [-0.25, -0.2) is 4.57 Å². The first-order valence-corrected chi connectivity index (χ1v) is 7.05. The summed E-state index contributed by atoms with van der Waals surface area (Å²) in [6, 6.07) is 0. The van der Waals surface area contributed by atoms with Gasteiger partial charge in [0.2, 0.25) is 6.23 Å². The fraction of sp³-hybridized carbons (Fsp3) is 0.625. The minimum absolute atomic E-state index is 0.255.